The summed E-state index contributed by atoms with van der Waals surface area (Å²) in [5.74, 6) is 1.08. The number of aromatic nitrogens is 3. The van der Waals surface area contributed by atoms with Gasteiger partial charge in [-0.15, -0.1) is 10.2 Å². The first-order chi connectivity index (χ1) is 8.83. The van der Waals surface area contributed by atoms with E-state index in [0.717, 1.165) is 13.0 Å². The van der Waals surface area contributed by atoms with E-state index in [1.165, 1.54) is 12.8 Å². The van der Waals surface area contributed by atoms with E-state index in [9.17, 15) is 0 Å². The molecule has 0 amide bonds. The van der Waals surface area contributed by atoms with Gasteiger partial charge >= 0.3 is 0 Å². The molecule has 1 aliphatic rings. The van der Waals surface area contributed by atoms with Crippen molar-refractivity contribution < 1.29 is 4.42 Å². The normalized spacial score (nSPS) is 19.9. The molecule has 1 saturated heterocycles. The molecular weight excluding hydrogens is 252 g/mol. The van der Waals surface area contributed by atoms with E-state index in [4.69, 9.17) is 16.0 Å². The second kappa shape index (κ2) is 5.04. The van der Waals surface area contributed by atoms with Crippen molar-refractivity contribution in [1.29, 1.82) is 0 Å². The fourth-order valence-electron chi connectivity index (χ4n) is 2.04. The van der Waals surface area contributed by atoms with Crippen molar-refractivity contribution >= 4 is 11.6 Å². The number of piperidine rings is 1. The van der Waals surface area contributed by atoms with Gasteiger partial charge in [-0.25, -0.2) is 4.98 Å². The number of hydrogen-bond donors (Lipinski definition) is 1. The molecule has 0 bridgehead atoms. The van der Waals surface area contributed by atoms with Crippen molar-refractivity contribution in [2.24, 2.45) is 0 Å². The van der Waals surface area contributed by atoms with Gasteiger partial charge in [0.15, 0.2) is 0 Å². The summed E-state index contributed by atoms with van der Waals surface area (Å²) in [6.07, 6.45) is 5.00. The van der Waals surface area contributed by atoms with E-state index in [1.807, 2.05) is 0 Å². The molecule has 3 rings (SSSR count). The largest absolute Gasteiger partial charge is 0.418 e. The molecule has 1 N–H and O–H groups in total. The lowest BCUT2D eigenvalue weighted by Gasteiger charge is -2.19. The number of halogens is 1. The molecule has 0 radical (unpaired) electrons. The molecule has 2 aromatic heterocycles. The first-order valence-electron chi connectivity index (χ1n) is 6.01. The Balaban J connectivity index is 1.82. The Morgan fingerprint density at radius 1 is 1.28 bits per heavy atom. The van der Waals surface area contributed by atoms with Gasteiger partial charge in [0, 0.05) is 6.20 Å². The molecule has 0 aliphatic carbocycles. The molecule has 5 nitrogen and oxygen atoms in total. The zero-order valence-corrected chi connectivity index (χ0v) is 10.5. The lowest BCUT2D eigenvalue weighted by Crippen LogP contribution is -2.26. The van der Waals surface area contributed by atoms with Crippen LogP contribution in [0.4, 0.5) is 0 Å². The Morgan fingerprint density at radius 2 is 2.22 bits per heavy atom. The van der Waals surface area contributed by atoms with Crippen LogP contribution in [-0.4, -0.2) is 21.7 Å². The summed E-state index contributed by atoms with van der Waals surface area (Å²) < 4.78 is 5.66. The maximum Gasteiger partial charge on any atom is 0.266 e. The molecule has 1 atom stereocenters. The Kier molecular flexibility index (Phi) is 3.25. The molecule has 0 saturated carbocycles. The average Bonchev–Trinajstić information content (AvgIpc) is 2.90. The van der Waals surface area contributed by atoms with Gasteiger partial charge in [0.25, 0.3) is 5.89 Å². The predicted octanol–water partition coefficient (Wildman–Crippen LogP) is 2.60. The molecule has 3 heterocycles. The van der Waals surface area contributed by atoms with E-state index in [-0.39, 0.29) is 6.04 Å². The molecule has 94 valence electrons. The van der Waals surface area contributed by atoms with Crippen molar-refractivity contribution in [3.63, 3.8) is 0 Å². The van der Waals surface area contributed by atoms with Gasteiger partial charge in [0.1, 0.15) is 5.69 Å². The number of nitrogens with one attached hydrogen (secondary N) is 1. The molecule has 18 heavy (non-hydrogen) atoms. The summed E-state index contributed by atoms with van der Waals surface area (Å²) in [4.78, 5) is 4.16. The van der Waals surface area contributed by atoms with Crippen LogP contribution in [0.25, 0.3) is 11.6 Å². The second-order valence-corrected chi connectivity index (χ2v) is 4.75. The van der Waals surface area contributed by atoms with Crippen LogP contribution in [0.2, 0.25) is 5.02 Å². The quantitative estimate of drug-likeness (QED) is 0.903. The van der Waals surface area contributed by atoms with Crippen molar-refractivity contribution in [1.82, 2.24) is 20.5 Å². The molecular formula is C12H13ClN4O. The fraction of sp³-hybridized carbons (Fsp3) is 0.417. The van der Waals surface area contributed by atoms with Crippen molar-refractivity contribution in [2.75, 3.05) is 6.54 Å². The fourth-order valence-corrected chi connectivity index (χ4v) is 2.16. The third-order valence-corrected chi connectivity index (χ3v) is 3.22. The highest BCUT2D eigenvalue weighted by molar-refractivity contribution is 6.30. The van der Waals surface area contributed by atoms with Gasteiger partial charge in [-0.1, -0.05) is 18.0 Å². The zero-order chi connectivity index (χ0) is 12.4. The van der Waals surface area contributed by atoms with E-state index in [1.54, 1.807) is 18.3 Å². The number of rotatable bonds is 2. The molecule has 2 aromatic rings. The van der Waals surface area contributed by atoms with Gasteiger partial charge in [-0.3, -0.25) is 0 Å². The van der Waals surface area contributed by atoms with Crippen LogP contribution >= 0.6 is 11.6 Å². The average molecular weight is 265 g/mol. The third-order valence-electron chi connectivity index (χ3n) is 3.00. The summed E-state index contributed by atoms with van der Waals surface area (Å²) in [5, 5.41) is 12.1. The predicted molar refractivity (Wildman–Crippen MR) is 67.1 cm³/mol. The van der Waals surface area contributed by atoms with Crippen LogP contribution in [0.5, 0.6) is 0 Å². The Hall–Kier alpha value is -1.46. The molecule has 0 aromatic carbocycles. The van der Waals surface area contributed by atoms with Crippen molar-refractivity contribution in [3.05, 3.63) is 29.2 Å². The summed E-state index contributed by atoms with van der Waals surface area (Å²) >= 11 is 5.79. The topological polar surface area (TPSA) is 63.8 Å². The minimum absolute atomic E-state index is 0.173. The lowest BCUT2D eigenvalue weighted by molar-refractivity contribution is 0.341. The lowest BCUT2D eigenvalue weighted by atomic mass is 10.1. The highest BCUT2D eigenvalue weighted by Gasteiger charge is 2.21. The van der Waals surface area contributed by atoms with Crippen LogP contribution in [0.1, 0.15) is 31.2 Å². The molecule has 1 aliphatic heterocycles. The van der Waals surface area contributed by atoms with E-state index < -0.39 is 0 Å². The highest BCUT2D eigenvalue weighted by atomic mass is 35.5. The van der Waals surface area contributed by atoms with Crippen LogP contribution < -0.4 is 5.32 Å². The van der Waals surface area contributed by atoms with Crippen LogP contribution in [0, 0.1) is 0 Å². The van der Waals surface area contributed by atoms with Gasteiger partial charge in [-0.2, -0.15) is 0 Å². The van der Waals surface area contributed by atoms with Crippen LogP contribution in [0.15, 0.2) is 22.7 Å². The van der Waals surface area contributed by atoms with Gasteiger partial charge in [-0.05, 0) is 31.5 Å². The standard InChI is InChI=1S/C12H13ClN4O/c13-8-4-5-10(15-7-8)12-17-16-11(18-12)9-3-1-2-6-14-9/h4-5,7,9,14H,1-3,6H2/t9-/m1/s1. The Bertz CT molecular complexity index is 519. The minimum atomic E-state index is 0.173. The van der Waals surface area contributed by atoms with Gasteiger partial charge in [0.2, 0.25) is 5.89 Å². The second-order valence-electron chi connectivity index (χ2n) is 4.31. The molecule has 0 spiro atoms. The maximum absolute atomic E-state index is 5.79. The van der Waals surface area contributed by atoms with Crippen molar-refractivity contribution in [2.45, 2.75) is 25.3 Å². The first kappa shape index (κ1) is 11.6. The zero-order valence-electron chi connectivity index (χ0n) is 9.77. The minimum Gasteiger partial charge on any atom is -0.418 e. The van der Waals surface area contributed by atoms with E-state index >= 15 is 0 Å². The van der Waals surface area contributed by atoms with Gasteiger partial charge in [0.05, 0.1) is 11.1 Å². The molecule has 1 fully saturated rings. The SMILES string of the molecule is Clc1ccc(-c2nnc([C@H]3CCCCN3)o2)nc1. The van der Waals surface area contributed by atoms with Gasteiger partial charge < -0.3 is 9.73 Å². The van der Waals surface area contributed by atoms with Crippen molar-refractivity contribution in [3.8, 4) is 11.6 Å². The molecule has 6 heteroatoms. The molecule has 0 unspecified atom stereocenters. The van der Waals surface area contributed by atoms with E-state index in [2.05, 4.69) is 20.5 Å². The Morgan fingerprint density at radius 3 is 2.94 bits per heavy atom. The van der Waals surface area contributed by atoms with E-state index in [0.29, 0.717) is 22.5 Å². The van der Waals surface area contributed by atoms with Crippen LogP contribution in [0.3, 0.4) is 0 Å². The summed E-state index contributed by atoms with van der Waals surface area (Å²) in [6.45, 7) is 1.00. The number of pyridine rings is 1. The summed E-state index contributed by atoms with van der Waals surface area (Å²) in [6, 6.07) is 3.70. The smallest absolute Gasteiger partial charge is 0.266 e. The monoisotopic (exact) mass is 264 g/mol. The maximum atomic E-state index is 5.79. The summed E-state index contributed by atoms with van der Waals surface area (Å²) in [7, 11) is 0. The number of hydrogen-bond acceptors (Lipinski definition) is 5. The first-order valence-corrected chi connectivity index (χ1v) is 6.39. The Labute approximate surface area is 110 Å². The summed E-state index contributed by atoms with van der Waals surface area (Å²) in [5.41, 5.74) is 0.647. The highest BCUT2D eigenvalue weighted by Crippen LogP contribution is 2.24. The number of nitrogens with zero attached hydrogens (tertiary/aromatic N) is 3. The van der Waals surface area contributed by atoms with Crippen LogP contribution in [-0.2, 0) is 0 Å². The third kappa shape index (κ3) is 2.37.